The molecule has 0 spiro atoms. The van der Waals surface area contributed by atoms with Crippen LogP contribution >= 0.6 is 0 Å². The maximum absolute atomic E-state index is 12.0. The van der Waals surface area contributed by atoms with Crippen LogP contribution in [0.5, 0.6) is 0 Å². The molecule has 1 amide bonds. The lowest BCUT2D eigenvalue weighted by Gasteiger charge is -2.17. The molecule has 0 bridgehead atoms. The number of aromatic nitrogens is 2. The Hall–Kier alpha value is -2.05. The number of aryl methyl sites for hydroxylation is 1. The minimum Gasteiger partial charge on any atom is -0.466 e. The van der Waals surface area contributed by atoms with Crippen molar-refractivity contribution in [3.8, 4) is 0 Å². The van der Waals surface area contributed by atoms with Gasteiger partial charge in [0.05, 0.1) is 30.1 Å². The standard InChI is InChI=1S/C13H22N4O3/c1-5-20-12(19)6-7-16(4)11(18)8-17-10(3)13(14)9(2)15-17/h5-8,14H2,1-4H3. The van der Waals surface area contributed by atoms with Crippen molar-refractivity contribution in [2.45, 2.75) is 33.7 Å². The lowest BCUT2D eigenvalue weighted by molar-refractivity contribution is -0.143. The average Bonchev–Trinajstić information content (AvgIpc) is 2.64. The quantitative estimate of drug-likeness (QED) is 0.767. The van der Waals surface area contributed by atoms with Crippen molar-refractivity contribution in [3.63, 3.8) is 0 Å². The summed E-state index contributed by atoms with van der Waals surface area (Å²) in [6, 6.07) is 0. The fourth-order valence-corrected chi connectivity index (χ4v) is 1.73. The monoisotopic (exact) mass is 282 g/mol. The van der Waals surface area contributed by atoms with E-state index in [-0.39, 0.29) is 24.8 Å². The smallest absolute Gasteiger partial charge is 0.307 e. The molecule has 7 nitrogen and oxygen atoms in total. The minimum absolute atomic E-state index is 0.114. The van der Waals surface area contributed by atoms with Gasteiger partial charge in [-0.3, -0.25) is 14.3 Å². The molecular formula is C13H22N4O3. The van der Waals surface area contributed by atoms with Crippen LogP contribution in [0.3, 0.4) is 0 Å². The largest absolute Gasteiger partial charge is 0.466 e. The zero-order chi connectivity index (χ0) is 15.3. The lowest BCUT2D eigenvalue weighted by Crippen LogP contribution is -2.32. The van der Waals surface area contributed by atoms with Gasteiger partial charge in [0.25, 0.3) is 0 Å². The Kier molecular flexibility index (Phi) is 5.54. The number of amides is 1. The van der Waals surface area contributed by atoms with E-state index in [0.29, 0.717) is 24.5 Å². The predicted octanol–water partition coefficient (Wildman–Crippen LogP) is 0.494. The highest BCUT2D eigenvalue weighted by molar-refractivity contribution is 5.77. The molecule has 1 heterocycles. The number of hydrogen-bond donors (Lipinski definition) is 1. The molecule has 0 radical (unpaired) electrons. The van der Waals surface area contributed by atoms with Gasteiger partial charge in [0, 0.05) is 13.6 Å². The number of carbonyl (C=O) groups excluding carboxylic acids is 2. The van der Waals surface area contributed by atoms with Crippen LogP contribution in [0.4, 0.5) is 5.69 Å². The summed E-state index contributed by atoms with van der Waals surface area (Å²) in [5.41, 5.74) is 7.91. The number of hydrogen-bond acceptors (Lipinski definition) is 5. The fraction of sp³-hybridized carbons (Fsp3) is 0.615. The highest BCUT2D eigenvalue weighted by Crippen LogP contribution is 2.14. The van der Waals surface area contributed by atoms with Gasteiger partial charge < -0.3 is 15.4 Å². The molecule has 0 unspecified atom stereocenters. The summed E-state index contributed by atoms with van der Waals surface area (Å²) in [5.74, 6) is -0.428. The van der Waals surface area contributed by atoms with E-state index in [2.05, 4.69) is 5.10 Å². The van der Waals surface area contributed by atoms with Gasteiger partial charge in [0.1, 0.15) is 6.54 Å². The second-order valence-corrected chi connectivity index (χ2v) is 4.61. The Morgan fingerprint density at radius 2 is 2.05 bits per heavy atom. The zero-order valence-electron chi connectivity index (χ0n) is 12.5. The number of rotatable bonds is 6. The van der Waals surface area contributed by atoms with E-state index in [1.54, 1.807) is 25.6 Å². The normalized spacial score (nSPS) is 10.4. The summed E-state index contributed by atoms with van der Waals surface area (Å²) in [5, 5.41) is 4.21. The van der Waals surface area contributed by atoms with E-state index < -0.39 is 0 Å². The van der Waals surface area contributed by atoms with Crippen molar-refractivity contribution >= 4 is 17.6 Å². The van der Waals surface area contributed by atoms with Gasteiger partial charge in [0.15, 0.2) is 0 Å². The SMILES string of the molecule is CCOC(=O)CCN(C)C(=O)Cn1nc(C)c(N)c1C. The molecule has 2 N–H and O–H groups in total. The Morgan fingerprint density at radius 1 is 1.40 bits per heavy atom. The molecule has 0 saturated heterocycles. The second kappa shape index (κ2) is 6.93. The number of nitrogens with two attached hydrogens (primary N) is 1. The molecule has 1 aromatic rings. The molecule has 0 aliphatic carbocycles. The molecule has 20 heavy (non-hydrogen) atoms. The molecular weight excluding hydrogens is 260 g/mol. The van der Waals surface area contributed by atoms with Crippen LogP contribution in [0.15, 0.2) is 0 Å². The summed E-state index contributed by atoms with van der Waals surface area (Å²) in [6.45, 7) is 6.16. The molecule has 0 fully saturated rings. The summed E-state index contributed by atoms with van der Waals surface area (Å²) in [7, 11) is 1.65. The van der Waals surface area contributed by atoms with Crippen LogP contribution in [0.1, 0.15) is 24.7 Å². The number of nitrogen functional groups attached to an aromatic ring is 1. The molecule has 0 aliphatic rings. The first-order valence-corrected chi connectivity index (χ1v) is 6.55. The van der Waals surface area contributed by atoms with Crippen LogP contribution in [-0.2, 0) is 20.9 Å². The first-order valence-electron chi connectivity index (χ1n) is 6.55. The highest BCUT2D eigenvalue weighted by Gasteiger charge is 2.15. The zero-order valence-corrected chi connectivity index (χ0v) is 12.5. The van der Waals surface area contributed by atoms with Gasteiger partial charge in [0.2, 0.25) is 5.91 Å². The van der Waals surface area contributed by atoms with Crippen LogP contribution in [0, 0.1) is 13.8 Å². The summed E-state index contributed by atoms with van der Waals surface area (Å²) in [6.07, 6.45) is 0.190. The third-order valence-corrected chi connectivity index (χ3v) is 3.10. The third kappa shape index (κ3) is 3.97. The van der Waals surface area contributed by atoms with Crippen LogP contribution in [0.2, 0.25) is 0 Å². The highest BCUT2D eigenvalue weighted by atomic mass is 16.5. The van der Waals surface area contributed by atoms with Gasteiger partial charge in [-0.2, -0.15) is 5.10 Å². The van der Waals surface area contributed by atoms with E-state index in [4.69, 9.17) is 10.5 Å². The Bertz CT molecular complexity index is 496. The average molecular weight is 282 g/mol. The maximum Gasteiger partial charge on any atom is 0.307 e. The number of nitrogens with zero attached hydrogens (tertiary/aromatic N) is 3. The number of anilines is 1. The number of esters is 1. The van der Waals surface area contributed by atoms with E-state index >= 15 is 0 Å². The van der Waals surface area contributed by atoms with Crippen molar-refractivity contribution in [2.75, 3.05) is 25.9 Å². The van der Waals surface area contributed by atoms with Crippen molar-refractivity contribution in [1.29, 1.82) is 0 Å². The van der Waals surface area contributed by atoms with E-state index in [9.17, 15) is 9.59 Å². The summed E-state index contributed by atoms with van der Waals surface area (Å²) < 4.78 is 6.39. The number of carbonyl (C=O) groups is 2. The maximum atomic E-state index is 12.0. The van der Waals surface area contributed by atoms with E-state index in [0.717, 1.165) is 5.69 Å². The van der Waals surface area contributed by atoms with Crippen LogP contribution in [-0.4, -0.2) is 46.8 Å². The molecule has 1 aromatic heterocycles. The topological polar surface area (TPSA) is 90.5 Å². The second-order valence-electron chi connectivity index (χ2n) is 4.61. The Labute approximate surface area is 118 Å². The Balaban J connectivity index is 2.53. The van der Waals surface area contributed by atoms with Crippen LogP contribution < -0.4 is 5.73 Å². The van der Waals surface area contributed by atoms with Crippen molar-refractivity contribution < 1.29 is 14.3 Å². The summed E-state index contributed by atoms with van der Waals surface area (Å²) in [4.78, 5) is 24.8. The number of ether oxygens (including phenoxy) is 1. The van der Waals surface area contributed by atoms with Gasteiger partial charge in [-0.25, -0.2) is 0 Å². The molecule has 0 aromatic carbocycles. The predicted molar refractivity (Wildman–Crippen MR) is 75.0 cm³/mol. The molecule has 1 rings (SSSR count). The van der Waals surface area contributed by atoms with Gasteiger partial charge in [-0.15, -0.1) is 0 Å². The fourth-order valence-electron chi connectivity index (χ4n) is 1.73. The van der Waals surface area contributed by atoms with Gasteiger partial charge >= 0.3 is 5.97 Å². The third-order valence-electron chi connectivity index (χ3n) is 3.10. The first-order chi connectivity index (χ1) is 9.36. The van der Waals surface area contributed by atoms with Crippen molar-refractivity contribution in [3.05, 3.63) is 11.4 Å². The molecule has 0 aliphatic heterocycles. The van der Waals surface area contributed by atoms with Crippen molar-refractivity contribution in [2.24, 2.45) is 0 Å². The molecule has 112 valence electrons. The van der Waals surface area contributed by atoms with Gasteiger partial charge in [-0.1, -0.05) is 0 Å². The van der Waals surface area contributed by atoms with Crippen molar-refractivity contribution in [1.82, 2.24) is 14.7 Å². The first kappa shape index (κ1) is 16.0. The Morgan fingerprint density at radius 3 is 2.55 bits per heavy atom. The lowest BCUT2D eigenvalue weighted by atomic mass is 10.3. The van der Waals surface area contributed by atoms with Crippen LogP contribution in [0.25, 0.3) is 0 Å². The molecule has 0 saturated carbocycles. The van der Waals surface area contributed by atoms with E-state index in [1.807, 2.05) is 6.92 Å². The molecule has 7 heteroatoms. The van der Waals surface area contributed by atoms with Gasteiger partial charge in [-0.05, 0) is 20.8 Å². The van der Waals surface area contributed by atoms with E-state index in [1.165, 1.54) is 4.90 Å². The number of likely N-dealkylation sites (N-methyl/N-ethyl adjacent to an activating group) is 1. The molecule has 0 atom stereocenters. The summed E-state index contributed by atoms with van der Waals surface area (Å²) >= 11 is 0. The minimum atomic E-state index is -0.303.